The first kappa shape index (κ1) is 15.7. The quantitative estimate of drug-likeness (QED) is 0.805. The molecule has 1 aliphatic carbocycles. The third-order valence-electron chi connectivity index (χ3n) is 4.62. The van der Waals surface area contributed by atoms with Crippen LogP contribution in [0.25, 0.3) is 0 Å². The van der Waals surface area contributed by atoms with Crippen LogP contribution in [0.3, 0.4) is 0 Å². The van der Waals surface area contributed by atoms with E-state index in [0.717, 1.165) is 11.1 Å². The van der Waals surface area contributed by atoms with Gasteiger partial charge in [-0.3, -0.25) is 4.79 Å². The number of rotatable bonds is 4. The number of nitrogens with one attached hydrogen (secondary N) is 2. The summed E-state index contributed by atoms with van der Waals surface area (Å²) in [5.41, 5.74) is 3.06. The van der Waals surface area contributed by atoms with Gasteiger partial charge in [0, 0.05) is 17.3 Å². The van der Waals surface area contributed by atoms with Gasteiger partial charge in [-0.25, -0.2) is 0 Å². The van der Waals surface area contributed by atoms with Gasteiger partial charge >= 0.3 is 0 Å². The third-order valence-corrected chi connectivity index (χ3v) is 4.62. The summed E-state index contributed by atoms with van der Waals surface area (Å²) < 4.78 is 0. The van der Waals surface area contributed by atoms with Crippen molar-refractivity contribution in [1.82, 2.24) is 5.32 Å². The molecule has 21 heavy (non-hydrogen) atoms. The highest BCUT2D eigenvalue weighted by Gasteiger charge is 2.22. The first-order valence-electron chi connectivity index (χ1n) is 7.96. The summed E-state index contributed by atoms with van der Waals surface area (Å²) in [6.07, 6.45) is 6.34. The van der Waals surface area contributed by atoms with Crippen LogP contribution in [0, 0.1) is 18.3 Å². The molecule has 1 unspecified atom stereocenters. The molecular weight excluding hydrogens is 260 g/mol. The largest absolute Gasteiger partial charge is 0.349 e. The van der Waals surface area contributed by atoms with E-state index in [4.69, 9.17) is 5.41 Å². The van der Waals surface area contributed by atoms with E-state index in [1.54, 1.807) is 6.92 Å². The molecule has 0 saturated heterocycles. The Labute approximate surface area is 127 Å². The molecule has 1 aliphatic rings. The lowest BCUT2D eigenvalue weighted by atomic mass is 9.84. The number of amides is 1. The van der Waals surface area contributed by atoms with Crippen molar-refractivity contribution < 1.29 is 4.79 Å². The number of hydrogen-bond donors (Lipinski definition) is 2. The van der Waals surface area contributed by atoms with Gasteiger partial charge in [0.1, 0.15) is 0 Å². The van der Waals surface area contributed by atoms with Crippen LogP contribution < -0.4 is 5.32 Å². The van der Waals surface area contributed by atoms with Crippen molar-refractivity contribution in [3.63, 3.8) is 0 Å². The van der Waals surface area contributed by atoms with Crippen LogP contribution in [0.5, 0.6) is 0 Å². The van der Waals surface area contributed by atoms with Crippen LogP contribution in [0.15, 0.2) is 18.2 Å². The van der Waals surface area contributed by atoms with Crippen LogP contribution in [-0.2, 0) is 0 Å². The van der Waals surface area contributed by atoms with Crippen molar-refractivity contribution >= 4 is 11.6 Å². The van der Waals surface area contributed by atoms with Crippen molar-refractivity contribution in [2.45, 2.75) is 58.9 Å². The average Bonchev–Trinajstić information content (AvgIpc) is 2.48. The minimum atomic E-state index is -0.0180. The predicted molar refractivity (Wildman–Crippen MR) is 87.2 cm³/mol. The molecule has 2 N–H and O–H groups in total. The van der Waals surface area contributed by atoms with Crippen molar-refractivity contribution in [2.75, 3.05) is 0 Å². The highest BCUT2D eigenvalue weighted by Crippen LogP contribution is 2.26. The van der Waals surface area contributed by atoms with Gasteiger partial charge in [0.2, 0.25) is 0 Å². The zero-order valence-electron chi connectivity index (χ0n) is 13.3. The molecule has 2 rings (SSSR count). The zero-order valence-corrected chi connectivity index (χ0v) is 13.3. The number of carbonyl (C=O) groups excluding carboxylic acids is 1. The molecule has 1 saturated carbocycles. The second-order valence-electron chi connectivity index (χ2n) is 6.31. The van der Waals surface area contributed by atoms with E-state index in [1.165, 1.54) is 32.1 Å². The topological polar surface area (TPSA) is 53.0 Å². The van der Waals surface area contributed by atoms with E-state index < -0.39 is 0 Å². The lowest BCUT2D eigenvalue weighted by molar-refractivity contribution is 0.0919. The first-order valence-corrected chi connectivity index (χ1v) is 7.96. The SMILES string of the molecule is CC(=N)c1cc(C(=O)NC(C)C2CCCCC2)ccc1C. The Morgan fingerprint density at radius 3 is 2.57 bits per heavy atom. The van der Waals surface area contributed by atoms with Gasteiger partial charge in [0.15, 0.2) is 0 Å². The minimum Gasteiger partial charge on any atom is -0.349 e. The average molecular weight is 286 g/mol. The fourth-order valence-electron chi connectivity index (χ4n) is 3.21. The highest BCUT2D eigenvalue weighted by atomic mass is 16.1. The Bertz CT molecular complexity index is 530. The fraction of sp³-hybridized carbons (Fsp3) is 0.556. The van der Waals surface area contributed by atoms with Gasteiger partial charge < -0.3 is 10.7 Å². The summed E-state index contributed by atoms with van der Waals surface area (Å²) in [7, 11) is 0. The summed E-state index contributed by atoms with van der Waals surface area (Å²) >= 11 is 0. The second-order valence-corrected chi connectivity index (χ2v) is 6.31. The van der Waals surface area contributed by atoms with Gasteiger partial charge in [0.25, 0.3) is 5.91 Å². The van der Waals surface area contributed by atoms with Crippen LogP contribution in [0.2, 0.25) is 0 Å². The number of carbonyl (C=O) groups is 1. The lowest BCUT2D eigenvalue weighted by Crippen LogP contribution is -2.38. The molecule has 0 heterocycles. The molecule has 0 spiro atoms. The van der Waals surface area contributed by atoms with E-state index >= 15 is 0 Å². The van der Waals surface area contributed by atoms with Crippen LogP contribution in [0.4, 0.5) is 0 Å². The molecule has 3 heteroatoms. The second kappa shape index (κ2) is 6.88. The monoisotopic (exact) mass is 286 g/mol. The molecular formula is C18H26N2O. The summed E-state index contributed by atoms with van der Waals surface area (Å²) in [4.78, 5) is 12.4. The van der Waals surface area contributed by atoms with Gasteiger partial charge in [0.05, 0.1) is 0 Å². The normalized spacial score (nSPS) is 17.3. The highest BCUT2D eigenvalue weighted by molar-refractivity contribution is 6.01. The fourth-order valence-corrected chi connectivity index (χ4v) is 3.21. The van der Waals surface area contributed by atoms with E-state index in [2.05, 4.69) is 12.2 Å². The molecule has 1 amide bonds. The van der Waals surface area contributed by atoms with E-state index in [9.17, 15) is 4.79 Å². The van der Waals surface area contributed by atoms with Crippen LogP contribution in [-0.4, -0.2) is 17.7 Å². The maximum atomic E-state index is 12.4. The molecule has 3 nitrogen and oxygen atoms in total. The Balaban J connectivity index is 2.06. The first-order chi connectivity index (χ1) is 9.99. The molecule has 0 radical (unpaired) electrons. The summed E-state index contributed by atoms with van der Waals surface area (Å²) in [6.45, 7) is 5.85. The minimum absolute atomic E-state index is 0.0180. The zero-order chi connectivity index (χ0) is 15.4. The number of aryl methyl sites for hydroxylation is 1. The maximum Gasteiger partial charge on any atom is 0.251 e. The Kier molecular flexibility index (Phi) is 5.16. The summed E-state index contributed by atoms with van der Waals surface area (Å²) in [6, 6.07) is 5.84. The van der Waals surface area contributed by atoms with Gasteiger partial charge in [-0.15, -0.1) is 0 Å². The maximum absolute atomic E-state index is 12.4. The van der Waals surface area contributed by atoms with Crippen LogP contribution in [0.1, 0.15) is 67.4 Å². The smallest absolute Gasteiger partial charge is 0.251 e. The molecule has 0 aliphatic heterocycles. The van der Waals surface area contributed by atoms with Crippen molar-refractivity contribution in [3.05, 3.63) is 34.9 Å². The third kappa shape index (κ3) is 3.93. The Morgan fingerprint density at radius 2 is 1.95 bits per heavy atom. The van der Waals surface area contributed by atoms with Crippen molar-refractivity contribution in [2.24, 2.45) is 5.92 Å². The van der Waals surface area contributed by atoms with E-state index in [0.29, 0.717) is 17.2 Å². The molecule has 1 atom stereocenters. The predicted octanol–water partition coefficient (Wildman–Crippen LogP) is 4.08. The standard InChI is InChI=1S/C18H26N2O/c1-12-9-10-16(11-17(12)13(2)19)18(21)20-14(3)15-7-5-4-6-8-15/h9-11,14-15,19H,4-8H2,1-3H3,(H,20,21). The Morgan fingerprint density at radius 1 is 1.29 bits per heavy atom. The molecule has 1 aromatic rings. The molecule has 0 bridgehead atoms. The number of hydrogen-bond acceptors (Lipinski definition) is 2. The number of benzene rings is 1. The van der Waals surface area contributed by atoms with Crippen molar-refractivity contribution in [1.29, 1.82) is 5.41 Å². The van der Waals surface area contributed by atoms with E-state index in [-0.39, 0.29) is 11.9 Å². The Hall–Kier alpha value is -1.64. The molecule has 114 valence electrons. The van der Waals surface area contributed by atoms with Gasteiger partial charge in [-0.05, 0) is 62.8 Å². The van der Waals surface area contributed by atoms with Crippen LogP contribution >= 0.6 is 0 Å². The summed E-state index contributed by atoms with van der Waals surface area (Å²) in [5, 5.41) is 10.9. The molecule has 1 fully saturated rings. The van der Waals surface area contributed by atoms with Gasteiger partial charge in [-0.1, -0.05) is 25.3 Å². The van der Waals surface area contributed by atoms with Crippen molar-refractivity contribution in [3.8, 4) is 0 Å². The summed E-state index contributed by atoms with van der Waals surface area (Å²) in [5.74, 6) is 0.590. The van der Waals surface area contributed by atoms with E-state index in [1.807, 2.05) is 25.1 Å². The van der Waals surface area contributed by atoms with Gasteiger partial charge in [-0.2, -0.15) is 0 Å². The lowest BCUT2D eigenvalue weighted by Gasteiger charge is -2.28. The molecule has 1 aromatic carbocycles. The molecule has 0 aromatic heterocycles.